The van der Waals surface area contributed by atoms with Crippen LogP contribution in [0.4, 0.5) is 4.39 Å². The summed E-state index contributed by atoms with van der Waals surface area (Å²) in [6, 6.07) is 10.5. The highest BCUT2D eigenvalue weighted by Gasteiger charge is 2.37. The molecule has 2 aromatic rings. The van der Waals surface area contributed by atoms with Crippen molar-refractivity contribution in [3.8, 4) is 11.5 Å². The van der Waals surface area contributed by atoms with Crippen molar-refractivity contribution in [2.75, 3.05) is 40.4 Å². The Bertz CT molecular complexity index is 1180. The van der Waals surface area contributed by atoms with Crippen LogP contribution in [0.3, 0.4) is 0 Å². The van der Waals surface area contributed by atoms with Gasteiger partial charge in [0.15, 0.2) is 0 Å². The number of hydrogen-bond acceptors (Lipinski definition) is 7. The van der Waals surface area contributed by atoms with Gasteiger partial charge in [0.2, 0.25) is 16.1 Å². The van der Waals surface area contributed by atoms with E-state index in [4.69, 9.17) is 14.3 Å². The molecular weight excluding hydrogens is 453 g/mol. The molecule has 0 bridgehead atoms. The number of rotatable bonds is 6. The average molecular weight is 478 g/mol. The standard InChI is InChI=1S/C22H24FN3O6S/c1-30-17-6-7-19(31-2)21(13-17)33(28,29)26-10-8-25(9-11-26)22(27)20-14-18(24-32-20)15-4-3-5-16(23)12-15/h3-7,12-13,20H,8-11,14H2,1-2H3. The Morgan fingerprint density at radius 2 is 1.85 bits per heavy atom. The number of carbonyl (C=O) groups is 1. The zero-order valence-corrected chi connectivity index (χ0v) is 19.0. The van der Waals surface area contributed by atoms with Crippen LogP contribution < -0.4 is 9.47 Å². The van der Waals surface area contributed by atoms with E-state index in [-0.39, 0.29) is 49.2 Å². The third kappa shape index (κ3) is 4.64. The van der Waals surface area contributed by atoms with Crippen LogP contribution >= 0.6 is 0 Å². The molecule has 0 spiro atoms. The predicted octanol–water partition coefficient (Wildman–Crippen LogP) is 1.87. The number of benzene rings is 2. The summed E-state index contributed by atoms with van der Waals surface area (Å²) in [4.78, 5) is 19.8. The molecule has 1 unspecified atom stereocenters. The molecule has 1 amide bonds. The number of hydrogen-bond donors (Lipinski definition) is 0. The molecule has 33 heavy (non-hydrogen) atoms. The van der Waals surface area contributed by atoms with Crippen molar-refractivity contribution in [3.63, 3.8) is 0 Å². The molecule has 0 N–H and O–H groups in total. The van der Waals surface area contributed by atoms with Crippen molar-refractivity contribution in [2.45, 2.75) is 17.4 Å². The van der Waals surface area contributed by atoms with E-state index >= 15 is 0 Å². The lowest BCUT2D eigenvalue weighted by Gasteiger charge is -2.34. The van der Waals surface area contributed by atoms with Crippen LogP contribution in [0.1, 0.15) is 12.0 Å². The van der Waals surface area contributed by atoms with Crippen molar-refractivity contribution in [1.82, 2.24) is 9.21 Å². The lowest BCUT2D eigenvalue weighted by molar-refractivity contribution is -0.143. The third-order valence-corrected chi connectivity index (χ3v) is 7.56. The number of ether oxygens (including phenoxy) is 2. The van der Waals surface area contributed by atoms with Crippen molar-refractivity contribution < 1.29 is 31.9 Å². The van der Waals surface area contributed by atoms with E-state index in [1.807, 2.05) is 0 Å². The smallest absolute Gasteiger partial charge is 0.266 e. The maximum Gasteiger partial charge on any atom is 0.266 e. The molecule has 0 saturated carbocycles. The van der Waals surface area contributed by atoms with Gasteiger partial charge in [-0.25, -0.2) is 12.8 Å². The number of sulfonamides is 1. The normalized spacial score (nSPS) is 19.1. The van der Waals surface area contributed by atoms with Crippen molar-refractivity contribution in [2.24, 2.45) is 5.16 Å². The van der Waals surface area contributed by atoms with E-state index in [1.54, 1.807) is 29.2 Å². The summed E-state index contributed by atoms with van der Waals surface area (Å²) in [5.41, 5.74) is 1.06. The zero-order chi connectivity index (χ0) is 23.6. The van der Waals surface area contributed by atoms with Crippen molar-refractivity contribution in [3.05, 3.63) is 53.8 Å². The zero-order valence-electron chi connectivity index (χ0n) is 18.2. The summed E-state index contributed by atoms with van der Waals surface area (Å²) in [5.74, 6) is -0.0532. The Labute approximate surface area is 191 Å². The molecule has 2 aliphatic rings. The maximum absolute atomic E-state index is 13.5. The summed E-state index contributed by atoms with van der Waals surface area (Å²) < 4.78 is 51.6. The van der Waals surface area contributed by atoms with E-state index in [0.29, 0.717) is 17.0 Å². The number of piperazine rings is 1. The number of oxime groups is 1. The monoisotopic (exact) mass is 477 g/mol. The summed E-state index contributed by atoms with van der Waals surface area (Å²) in [5, 5.41) is 3.94. The molecule has 1 fully saturated rings. The third-order valence-electron chi connectivity index (χ3n) is 5.64. The van der Waals surface area contributed by atoms with Crippen LogP contribution in [0.2, 0.25) is 0 Å². The minimum absolute atomic E-state index is 0.0105. The van der Waals surface area contributed by atoms with Gasteiger partial charge in [0, 0.05) is 44.2 Å². The van der Waals surface area contributed by atoms with Gasteiger partial charge >= 0.3 is 0 Å². The van der Waals surface area contributed by atoms with Gasteiger partial charge in [-0.15, -0.1) is 0 Å². The molecule has 1 saturated heterocycles. The highest BCUT2D eigenvalue weighted by atomic mass is 32.2. The van der Waals surface area contributed by atoms with Crippen molar-refractivity contribution >= 4 is 21.6 Å². The second-order valence-corrected chi connectivity index (χ2v) is 9.50. The largest absolute Gasteiger partial charge is 0.497 e. The highest BCUT2D eigenvalue weighted by Crippen LogP contribution is 2.31. The first kappa shape index (κ1) is 23.0. The van der Waals surface area contributed by atoms with Crippen LogP contribution in [0.15, 0.2) is 52.5 Å². The van der Waals surface area contributed by atoms with Crippen molar-refractivity contribution in [1.29, 1.82) is 0 Å². The van der Waals surface area contributed by atoms with Crippen LogP contribution in [0.25, 0.3) is 0 Å². The van der Waals surface area contributed by atoms with Crippen LogP contribution in [0.5, 0.6) is 11.5 Å². The van der Waals surface area contributed by atoms with E-state index in [0.717, 1.165) is 0 Å². The molecular formula is C22H24FN3O6S. The van der Waals surface area contributed by atoms with Crippen LogP contribution in [-0.4, -0.2) is 75.7 Å². The Morgan fingerprint density at radius 1 is 1.09 bits per heavy atom. The number of methoxy groups -OCH3 is 2. The molecule has 1 atom stereocenters. The fourth-order valence-corrected chi connectivity index (χ4v) is 5.42. The van der Waals surface area contributed by atoms with Gasteiger partial charge in [0.1, 0.15) is 22.2 Å². The number of carbonyl (C=O) groups excluding carboxylic acids is 1. The Kier molecular flexibility index (Phi) is 6.52. The Morgan fingerprint density at radius 3 is 2.52 bits per heavy atom. The SMILES string of the molecule is COc1ccc(OC)c(S(=O)(=O)N2CCN(C(=O)C3CC(c4cccc(F)c4)=NO3)CC2)c1. The molecule has 2 aromatic carbocycles. The van der Waals surface area contributed by atoms with E-state index in [2.05, 4.69) is 5.16 Å². The minimum Gasteiger partial charge on any atom is -0.497 e. The number of amides is 1. The molecule has 0 aromatic heterocycles. The van der Waals surface area contributed by atoms with Gasteiger partial charge in [0.05, 0.1) is 19.9 Å². The molecule has 2 heterocycles. The molecule has 4 rings (SSSR count). The topological polar surface area (TPSA) is 97.7 Å². The van der Waals surface area contributed by atoms with Gasteiger partial charge in [-0.1, -0.05) is 17.3 Å². The molecule has 11 heteroatoms. The lowest BCUT2D eigenvalue weighted by Crippen LogP contribution is -2.52. The van der Waals surface area contributed by atoms with E-state index < -0.39 is 21.9 Å². The van der Waals surface area contributed by atoms with Gasteiger partial charge in [0.25, 0.3) is 5.91 Å². The molecule has 2 aliphatic heterocycles. The maximum atomic E-state index is 13.5. The summed E-state index contributed by atoms with van der Waals surface area (Å²) in [7, 11) is -0.996. The average Bonchev–Trinajstić information content (AvgIpc) is 3.33. The van der Waals surface area contributed by atoms with Crippen LogP contribution in [0, 0.1) is 5.82 Å². The Balaban J connectivity index is 1.40. The van der Waals surface area contributed by atoms with Crippen LogP contribution in [-0.2, 0) is 19.7 Å². The summed E-state index contributed by atoms with van der Waals surface area (Å²) >= 11 is 0. The Hall–Kier alpha value is -3.18. The molecule has 9 nitrogen and oxygen atoms in total. The summed E-state index contributed by atoms with van der Waals surface area (Å²) in [6.45, 7) is 0.663. The second kappa shape index (κ2) is 9.36. The first-order valence-electron chi connectivity index (χ1n) is 10.3. The lowest BCUT2D eigenvalue weighted by atomic mass is 10.0. The molecule has 0 aliphatic carbocycles. The predicted molar refractivity (Wildman–Crippen MR) is 117 cm³/mol. The quantitative estimate of drug-likeness (QED) is 0.630. The van der Waals surface area contributed by atoms with Gasteiger partial charge in [-0.05, 0) is 24.3 Å². The number of nitrogens with zero attached hydrogens (tertiary/aromatic N) is 3. The molecule has 176 valence electrons. The first-order valence-corrected chi connectivity index (χ1v) is 11.8. The van der Waals surface area contributed by atoms with Gasteiger partial charge in [-0.3, -0.25) is 4.79 Å². The fourth-order valence-electron chi connectivity index (χ4n) is 3.83. The fraction of sp³-hybridized carbons (Fsp3) is 0.364. The number of halogens is 1. The minimum atomic E-state index is -3.85. The highest BCUT2D eigenvalue weighted by molar-refractivity contribution is 7.89. The molecule has 0 radical (unpaired) electrons. The second-order valence-electron chi connectivity index (χ2n) is 7.59. The summed E-state index contributed by atoms with van der Waals surface area (Å²) in [6.07, 6.45) is -0.591. The van der Waals surface area contributed by atoms with Gasteiger partial charge < -0.3 is 19.2 Å². The van der Waals surface area contributed by atoms with Gasteiger partial charge in [-0.2, -0.15) is 4.31 Å². The first-order chi connectivity index (χ1) is 15.8. The van der Waals surface area contributed by atoms with E-state index in [1.165, 1.54) is 36.7 Å². The van der Waals surface area contributed by atoms with E-state index in [9.17, 15) is 17.6 Å².